The van der Waals surface area contributed by atoms with Crippen molar-refractivity contribution in [2.24, 2.45) is 9.98 Å². The summed E-state index contributed by atoms with van der Waals surface area (Å²) in [5.74, 6) is 0.387. The third-order valence-corrected chi connectivity index (χ3v) is 7.12. The molecule has 4 aromatic rings. The van der Waals surface area contributed by atoms with E-state index in [0.29, 0.717) is 29.7 Å². The van der Waals surface area contributed by atoms with Gasteiger partial charge in [-0.3, -0.25) is 4.79 Å². The molecule has 0 saturated carbocycles. The monoisotopic (exact) mass is 730 g/mol. The average molecular weight is 731 g/mol. The normalized spacial score (nSPS) is 11.5. The van der Waals surface area contributed by atoms with E-state index in [1.54, 1.807) is 43.1 Å². The maximum atomic E-state index is 13.3. The Morgan fingerprint density at radius 3 is 2.50 bits per heavy atom. The molecule has 214 valence electrons. The number of nitrogens with zero attached hydrogens (tertiary/aromatic N) is 5. The Kier molecular flexibility index (Phi) is 10.3. The molecule has 2 heterocycles. The van der Waals surface area contributed by atoms with Crippen LogP contribution in [0.2, 0.25) is 0 Å². The second-order valence-corrected chi connectivity index (χ2v) is 12.3. The number of rotatable bonds is 9. The second kappa shape index (κ2) is 14.1. The van der Waals surface area contributed by atoms with Crippen molar-refractivity contribution in [1.29, 1.82) is 0 Å². The number of fused-ring (bicyclic) bond motifs is 1. The number of pyridine rings is 1. The SMILES string of the molecule is C[C](=[W])N=C(Cc1ccc(N(C)C(=O)c2cccc(NC(=O)C(C)=C(C)C)c2)cc1)N=CCc1cnn2ccccc12. The van der Waals surface area contributed by atoms with Gasteiger partial charge in [0.05, 0.1) is 0 Å². The number of carbonyl (C=O) groups excluding carboxylic acids is 2. The van der Waals surface area contributed by atoms with Crippen molar-refractivity contribution in [3.8, 4) is 0 Å². The van der Waals surface area contributed by atoms with Crippen LogP contribution in [0.15, 0.2) is 100 Å². The molecule has 0 unspecified atom stereocenters. The van der Waals surface area contributed by atoms with E-state index in [9.17, 15) is 9.59 Å². The Bertz CT molecular complexity index is 1710. The van der Waals surface area contributed by atoms with E-state index in [4.69, 9.17) is 4.99 Å². The van der Waals surface area contributed by atoms with Gasteiger partial charge in [-0.2, -0.15) is 0 Å². The topological polar surface area (TPSA) is 91.4 Å². The van der Waals surface area contributed by atoms with Gasteiger partial charge < -0.3 is 5.32 Å². The molecule has 0 aliphatic rings. The van der Waals surface area contributed by atoms with Gasteiger partial charge in [-0.05, 0) is 26.8 Å². The summed E-state index contributed by atoms with van der Waals surface area (Å²) in [6.07, 6.45) is 6.92. The van der Waals surface area contributed by atoms with E-state index in [2.05, 4.69) is 15.4 Å². The molecular weight excluding hydrogens is 696 g/mol. The molecule has 2 amide bonds. The summed E-state index contributed by atoms with van der Waals surface area (Å²) in [5.41, 5.74) is 6.64. The standard InChI is InChI=1S/C33H34N6O2.W/c1-6-34-31(35-18-17-27-22-36-39-19-8-7-12-30(27)39)20-25-13-15-29(16-14-25)38(5)33(41)26-10-9-11-28(21-26)37-32(40)24(4)23(2)3;/h7-16,18-19,21-22H,17,20H2,1-5H3,(H,37,40);. The van der Waals surface area contributed by atoms with Crippen molar-refractivity contribution < 1.29 is 28.9 Å². The molecule has 0 atom stereocenters. The van der Waals surface area contributed by atoms with Crippen LogP contribution in [0.1, 0.15) is 49.2 Å². The number of hydrogen-bond acceptors (Lipinski definition) is 4. The van der Waals surface area contributed by atoms with Crippen LogP contribution in [-0.2, 0) is 37.0 Å². The quantitative estimate of drug-likeness (QED) is 0.133. The fourth-order valence-electron chi connectivity index (χ4n) is 4.20. The van der Waals surface area contributed by atoms with E-state index >= 15 is 0 Å². The zero-order chi connectivity index (χ0) is 30.2. The fraction of sp³-hybridized carbons (Fsp3) is 0.212. The van der Waals surface area contributed by atoms with Crippen molar-refractivity contribution in [3.05, 3.63) is 107 Å². The molecule has 0 saturated heterocycles. The Morgan fingerprint density at radius 1 is 1.02 bits per heavy atom. The molecule has 0 radical (unpaired) electrons. The number of amides is 2. The van der Waals surface area contributed by atoms with Crippen LogP contribution in [0.25, 0.3) is 5.52 Å². The number of aliphatic imine (C=N–C) groups is 2. The van der Waals surface area contributed by atoms with Crippen LogP contribution in [0.5, 0.6) is 0 Å². The third kappa shape index (κ3) is 7.92. The van der Waals surface area contributed by atoms with Crippen LogP contribution >= 0.6 is 0 Å². The van der Waals surface area contributed by atoms with Crippen LogP contribution in [0.3, 0.4) is 0 Å². The van der Waals surface area contributed by atoms with Gasteiger partial charge >= 0.3 is 192 Å². The van der Waals surface area contributed by atoms with E-state index in [-0.39, 0.29) is 11.8 Å². The number of benzene rings is 2. The first-order chi connectivity index (χ1) is 20.1. The number of amidine groups is 1. The van der Waals surface area contributed by atoms with Crippen LogP contribution in [0, 0.1) is 0 Å². The number of allylic oxidation sites excluding steroid dienone is 1. The molecule has 4 rings (SSSR count). The predicted molar refractivity (Wildman–Crippen MR) is 168 cm³/mol. The summed E-state index contributed by atoms with van der Waals surface area (Å²) in [6.45, 7) is 7.56. The van der Waals surface area contributed by atoms with Gasteiger partial charge in [-0.25, -0.2) is 0 Å². The summed E-state index contributed by atoms with van der Waals surface area (Å²) in [5, 5.41) is 7.26. The molecule has 42 heavy (non-hydrogen) atoms. The van der Waals surface area contributed by atoms with E-state index < -0.39 is 0 Å². The van der Waals surface area contributed by atoms with Gasteiger partial charge in [0.25, 0.3) is 5.91 Å². The first kappa shape index (κ1) is 30.7. The zero-order valence-corrected chi connectivity index (χ0v) is 27.4. The Labute approximate surface area is 257 Å². The first-order valence-electron chi connectivity index (χ1n) is 13.6. The van der Waals surface area contributed by atoms with Crippen molar-refractivity contribution >= 4 is 44.8 Å². The molecule has 1 N–H and O–H groups in total. The Balaban J connectivity index is 1.42. The van der Waals surface area contributed by atoms with E-state index in [0.717, 1.165) is 37.8 Å². The summed E-state index contributed by atoms with van der Waals surface area (Å²) in [4.78, 5) is 36.7. The average Bonchev–Trinajstić information content (AvgIpc) is 3.39. The van der Waals surface area contributed by atoms with E-state index in [1.165, 1.54) is 19.4 Å². The molecule has 2 aromatic heterocycles. The number of hydrogen-bond donors (Lipinski definition) is 1. The van der Waals surface area contributed by atoms with Gasteiger partial charge in [0.15, 0.2) is 0 Å². The summed E-state index contributed by atoms with van der Waals surface area (Å²) >= 11 is 1.30. The molecule has 2 aromatic carbocycles. The fourth-order valence-corrected chi connectivity index (χ4v) is 4.58. The molecule has 0 bridgehead atoms. The van der Waals surface area contributed by atoms with Gasteiger partial charge in [0.2, 0.25) is 0 Å². The van der Waals surface area contributed by atoms with Gasteiger partial charge in [-0.1, -0.05) is 11.6 Å². The van der Waals surface area contributed by atoms with Crippen molar-refractivity contribution in [2.75, 3.05) is 17.3 Å². The van der Waals surface area contributed by atoms with Crippen molar-refractivity contribution in [3.63, 3.8) is 0 Å². The van der Waals surface area contributed by atoms with Gasteiger partial charge in [0, 0.05) is 11.3 Å². The minimum atomic E-state index is -0.177. The maximum absolute atomic E-state index is 13.3. The van der Waals surface area contributed by atoms with Crippen LogP contribution in [0.4, 0.5) is 11.4 Å². The molecular formula is C33H34N6O2W. The van der Waals surface area contributed by atoms with Crippen LogP contribution < -0.4 is 10.2 Å². The van der Waals surface area contributed by atoms with Crippen molar-refractivity contribution in [1.82, 2.24) is 9.61 Å². The number of aromatic nitrogens is 2. The van der Waals surface area contributed by atoms with Crippen molar-refractivity contribution in [2.45, 2.75) is 40.5 Å². The molecule has 9 heteroatoms. The zero-order valence-electron chi connectivity index (χ0n) is 24.5. The number of carbonyl (C=O) groups is 2. The second-order valence-electron chi connectivity index (χ2n) is 10.1. The molecule has 0 aliphatic carbocycles. The molecule has 8 nitrogen and oxygen atoms in total. The summed E-state index contributed by atoms with van der Waals surface area (Å²) < 4.78 is 2.87. The molecule has 0 aliphatic heterocycles. The third-order valence-electron chi connectivity index (χ3n) is 6.79. The van der Waals surface area contributed by atoms with Gasteiger partial charge in [0.1, 0.15) is 0 Å². The van der Waals surface area contributed by atoms with E-state index in [1.807, 2.05) is 86.4 Å². The summed E-state index contributed by atoms with van der Waals surface area (Å²) in [7, 11) is 1.74. The van der Waals surface area contributed by atoms with Gasteiger partial charge in [-0.15, -0.1) is 0 Å². The molecule has 0 spiro atoms. The summed E-state index contributed by atoms with van der Waals surface area (Å²) in [6, 6.07) is 20.8. The first-order valence-corrected chi connectivity index (χ1v) is 15.0. The minimum absolute atomic E-state index is 0.170. The Hall–Kier alpha value is -4.29. The van der Waals surface area contributed by atoms with Crippen LogP contribution in [-0.4, -0.2) is 44.5 Å². The Morgan fingerprint density at radius 2 is 1.79 bits per heavy atom. The molecule has 0 fully saturated rings. The predicted octanol–water partition coefficient (Wildman–Crippen LogP) is 5.86. The number of nitrogens with one attached hydrogen (secondary N) is 1. The number of anilines is 2.